The van der Waals surface area contributed by atoms with E-state index in [1.165, 1.54) is 37.7 Å². The highest BCUT2D eigenvalue weighted by atomic mass is 15.1. The summed E-state index contributed by atoms with van der Waals surface area (Å²) < 4.78 is 0. The number of fused-ring (bicyclic) bond motifs is 1. The number of hydrogen-bond donors (Lipinski definition) is 2. The largest absolute Gasteiger partial charge is 0.384 e. The lowest BCUT2D eigenvalue weighted by Gasteiger charge is -2.42. The van der Waals surface area contributed by atoms with Gasteiger partial charge in [-0.2, -0.15) is 0 Å². The van der Waals surface area contributed by atoms with Crippen LogP contribution in [0.25, 0.3) is 0 Å². The Morgan fingerprint density at radius 1 is 1.20 bits per heavy atom. The average molecular weight is 271 g/mol. The molecule has 3 nitrogen and oxygen atoms in total. The summed E-state index contributed by atoms with van der Waals surface area (Å²) in [5.74, 6) is 1.97. The molecule has 2 unspecified atom stereocenters. The van der Waals surface area contributed by atoms with Crippen molar-refractivity contribution < 1.29 is 0 Å². The van der Waals surface area contributed by atoms with Gasteiger partial charge in [0.25, 0.3) is 0 Å². The summed E-state index contributed by atoms with van der Waals surface area (Å²) in [5.41, 5.74) is 9.01. The van der Waals surface area contributed by atoms with Crippen LogP contribution in [0.5, 0.6) is 0 Å². The summed E-state index contributed by atoms with van der Waals surface area (Å²) >= 11 is 0. The SMILES string of the molecule is Cc1ccc(N2CCC3CCCCC3C2)c(C(=N)N)c1. The number of nitrogens with two attached hydrogens (primary N) is 1. The molecule has 1 aromatic rings. The van der Waals surface area contributed by atoms with Crippen LogP contribution in [0.1, 0.15) is 43.2 Å². The molecule has 0 radical (unpaired) electrons. The molecule has 1 aromatic carbocycles. The Kier molecular flexibility index (Phi) is 3.68. The Hall–Kier alpha value is -1.51. The summed E-state index contributed by atoms with van der Waals surface area (Å²) in [6, 6.07) is 6.33. The Labute approximate surface area is 121 Å². The molecule has 2 atom stereocenters. The van der Waals surface area contributed by atoms with E-state index in [4.69, 9.17) is 11.1 Å². The third-order valence-corrected chi connectivity index (χ3v) is 5.07. The Morgan fingerprint density at radius 2 is 1.95 bits per heavy atom. The minimum Gasteiger partial charge on any atom is -0.384 e. The van der Waals surface area contributed by atoms with Crippen molar-refractivity contribution >= 4 is 11.5 Å². The van der Waals surface area contributed by atoms with Gasteiger partial charge in [-0.25, -0.2) is 0 Å². The van der Waals surface area contributed by atoms with Crippen LogP contribution in [-0.2, 0) is 0 Å². The van der Waals surface area contributed by atoms with Gasteiger partial charge in [0.15, 0.2) is 0 Å². The molecule has 1 saturated carbocycles. The molecule has 0 bridgehead atoms. The topological polar surface area (TPSA) is 53.1 Å². The maximum atomic E-state index is 7.82. The van der Waals surface area contributed by atoms with Crippen LogP contribution in [-0.4, -0.2) is 18.9 Å². The van der Waals surface area contributed by atoms with Crippen LogP contribution in [0.4, 0.5) is 5.69 Å². The number of benzene rings is 1. The van der Waals surface area contributed by atoms with Crippen molar-refractivity contribution in [3.05, 3.63) is 29.3 Å². The molecule has 1 saturated heterocycles. The summed E-state index contributed by atoms with van der Waals surface area (Å²) in [4.78, 5) is 2.46. The monoisotopic (exact) mass is 271 g/mol. The van der Waals surface area contributed by atoms with Gasteiger partial charge in [0.1, 0.15) is 5.84 Å². The third-order valence-electron chi connectivity index (χ3n) is 5.07. The minimum absolute atomic E-state index is 0.189. The maximum Gasteiger partial charge on any atom is 0.124 e. The molecule has 0 amide bonds. The zero-order chi connectivity index (χ0) is 14.1. The van der Waals surface area contributed by atoms with E-state index in [0.29, 0.717) is 0 Å². The number of anilines is 1. The van der Waals surface area contributed by atoms with Crippen LogP contribution < -0.4 is 10.6 Å². The van der Waals surface area contributed by atoms with Gasteiger partial charge >= 0.3 is 0 Å². The highest BCUT2D eigenvalue weighted by Crippen LogP contribution is 2.38. The number of amidine groups is 1. The maximum absolute atomic E-state index is 7.82. The summed E-state index contributed by atoms with van der Waals surface area (Å²) in [5, 5.41) is 7.82. The zero-order valence-electron chi connectivity index (χ0n) is 12.4. The first kappa shape index (κ1) is 13.5. The van der Waals surface area contributed by atoms with Crippen molar-refractivity contribution in [2.45, 2.75) is 39.0 Å². The van der Waals surface area contributed by atoms with Gasteiger partial charge in [-0.3, -0.25) is 5.41 Å². The fourth-order valence-corrected chi connectivity index (χ4v) is 3.96. The van der Waals surface area contributed by atoms with E-state index in [2.05, 4.69) is 24.0 Å². The molecular formula is C17H25N3. The van der Waals surface area contributed by atoms with Gasteiger partial charge in [0, 0.05) is 24.3 Å². The smallest absolute Gasteiger partial charge is 0.124 e. The molecule has 2 fully saturated rings. The molecular weight excluding hydrogens is 246 g/mol. The number of aryl methyl sites for hydroxylation is 1. The Morgan fingerprint density at radius 3 is 2.70 bits per heavy atom. The number of nitrogens with zero attached hydrogens (tertiary/aromatic N) is 1. The quantitative estimate of drug-likeness (QED) is 0.640. The van der Waals surface area contributed by atoms with Gasteiger partial charge in [0.05, 0.1) is 0 Å². The molecule has 0 spiro atoms. The molecule has 1 aliphatic heterocycles. The zero-order valence-corrected chi connectivity index (χ0v) is 12.4. The van der Waals surface area contributed by atoms with Gasteiger partial charge in [-0.15, -0.1) is 0 Å². The molecule has 3 heteroatoms. The van der Waals surface area contributed by atoms with Crippen molar-refractivity contribution in [1.29, 1.82) is 5.41 Å². The van der Waals surface area contributed by atoms with E-state index in [0.717, 1.165) is 36.2 Å². The first-order valence-electron chi connectivity index (χ1n) is 7.85. The second kappa shape index (κ2) is 5.47. The van der Waals surface area contributed by atoms with Crippen molar-refractivity contribution in [2.75, 3.05) is 18.0 Å². The molecule has 1 heterocycles. The molecule has 0 aromatic heterocycles. The number of piperidine rings is 1. The second-order valence-corrected chi connectivity index (χ2v) is 6.47. The standard InChI is InChI=1S/C17H25N3/c1-12-6-7-16(15(10-12)17(18)19)20-9-8-13-4-2-3-5-14(13)11-20/h6-7,10,13-14H,2-5,8-9,11H2,1H3,(H3,18,19). The van der Waals surface area contributed by atoms with E-state index in [1.54, 1.807) is 0 Å². The Bertz CT molecular complexity index is 509. The predicted molar refractivity (Wildman–Crippen MR) is 84.5 cm³/mol. The molecule has 1 aliphatic carbocycles. The number of hydrogen-bond acceptors (Lipinski definition) is 2. The van der Waals surface area contributed by atoms with Crippen molar-refractivity contribution in [3.8, 4) is 0 Å². The van der Waals surface area contributed by atoms with Crippen LogP contribution in [0.2, 0.25) is 0 Å². The van der Waals surface area contributed by atoms with Gasteiger partial charge < -0.3 is 10.6 Å². The number of rotatable bonds is 2. The van der Waals surface area contributed by atoms with Crippen LogP contribution in [0, 0.1) is 24.2 Å². The first-order valence-corrected chi connectivity index (χ1v) is 7.85. The fraction of sp³-hybridized carbons (Fsp3) is 0.588. The Balaban J connectivity index is 1.84. The summed E-state index contributed by atoms with van der Waals surface area (Å²) in [7, 11) is 0. The number of nitrogens with one attached hydrogen (secondary N) is 1. The lowest BCUT2D eigenvalue weighted by Crippen LogP contribution is -2.42. The van der Waals surface area contributed by atoms with Crippen molar-refractivity contribution in [2.24, 2.45) is 17.6 Å². The van der Waals surface area contributed by atoms with E-state index >= 15 is 0 Å². The molecule has 108 valence electrons. The molecule has 2 aliphatic rings. The lowest BCUT2D eigenvalue weighted by molar-refractivity contribution is 0.202. The van der Waals surface area contributed by atoms with Gasteiger partial charge in [-0.1, -0.05) is 30.9 Å². The highest BCUT2D eigenvalue weighted by molar-refractivity contribution is 6.00. The normalized spacial score (nSPS) is 26.1. The van der Waals surface area contributed by atoms with E-state index in [9.17, 15) is 0 Å². The first-order chi connectivity index (χ1) is 9.65. The second-order valence-electron chi connectivity index (χ2n) is 6.47. The van der Waals surface area contributed by atoms with E-state index in [1.807, 2.05) is 6.07 Å². The molecule has 3 rings (SSSR count). The van der Waals surface area contributed by atoms with Crippen molar-refractivity contribution in [1.82, 2.24) is 0 Å². The summed E-state index contributed by atoms with van der Waals surface area (Å²) in [6.45, 7) is 4.32. The third kappa shape index (κ3) is 2.54. The van der Waals surface area contributed by atoms with Gasteiger partial charge in [-0.05, 0) is 43.7 Å². The lowest BCUT2D eigenvalue weighted by atomic mass is 9.75. The fourth-order valence-electron chi connectivity index (χ4n) is 3.96. The van der Waals surface area contributed by atoms with Crippen molar-refractivity contribution in [3.63, 3.8) is 0 Å². The van der Waals surface area contributed by atoms with Crippen LogP contribution in [0.15, 0.2) is 18.2 Å². The number of nitrogen functional groups attached to an aromatic ring is 1. The minimum atomic E-state index is 0.189. The van der Waals surface area contributed by atoms with E-state index in [-0.39, 0.29) is 5.84 Å². The van der Waals surface area contributed by atoms with E-state index < -0.39 is 0 Å². The molecule has 3 N–H and O–H groups in total. The average Bonchev–Trinajstić information content (AvgIpc) is 2.46. The van der Waals surface area contributed by atoms with Gasteiger partial charge in [0.2, 0.25) is 0 Å². The predicted octanol–water partition coefficient (Wildman–Crippen LogP) is 3.30. The van der Waals surface area contributed by atoms with Crippen LogP contribution >= 0.6 is 0 Å². The summed E-state index contributed by atoms with van der Waals surface area (Å²) in [6.07, 6.45) is 6.91. The molecule has 20 heavy (non-hydrogen) atoms. The van der Waals surface area contributed by atoms with Crippen LogP contribution in [0.3, 0.4) is 0 Å². The highest BCUT2D eigenvalue weighted by Gasteiger charge is 2.31.